The zero-order valence-corrected chi connectivity index (χ0v) is 24.3. The van der Waals surface area contributed by atoms with Gasteiger partial charge in [0.1, 0.15) is 0 Å². The minimum atomic E-state index is -3.99. The van der Waals surface area contributed by atoms with Crippen molar-refractivity contribution in [2.75, 3.05) is 0 Å². The van der Waals surface area contributed by atoms with Crippen LogP contribution in [0.2, 0.25) is 0 Å². The highest BCUT2D eigenvalue weighted by Crippen LogP contribution is 2.46. The Kier molecular flexibility index (Phi) is 7.29. The van der Waals surface area contributed by atoms with E-state index in [0.29, 0.717) is 12.0 Å². The van der Waals surface area contributed by atoms with Crippen molar-refractivity contribution in [3.8, 4) is 0 Å². The lowest BCUT2D eigenvalue weighted by molar-refractivity contribution is -0.118. The van der Waals surface area contributed by atoms with Crippen LogP contribution >= 0.6 is 0 Å². The first-order chi connectivity index (χ1) is 18.4. The van der Waals surface area contributed by atoms with Crippen molar-refractivity contribution in [1.82, 2.24) is 9.62 Å². The molecule has 2 aliphatic rings. The first-order valence-electron chi connectivity index (χ1n) is 13.7. The van der Waals surface area contributed by atoms with Gasteiger partial charge in [0.15, 0.2) is 0 Å². The number of nitrogens with one attached hydrogen (secondary N) is 1. The van der Waals surface area contributed by atoms with Crippen LogP contribution in [0.1, 0.15) is 79.9 Å². The predicted molar refractivity (Wildman–Crippen MR) is 156 cm³/mol. The summed E-state index contributed by atoms with van der Waals surface area (Å²) in [7, 11) is -3.99. The topological polar surface area (TPSA) is 66.5 Å². The third-order valence-electron chi connectivity index (χ3n) is 7.74. The summed E-state index contributed by atoms with van der Waals surface area (Å²) in [6.07, 6.45) is 4.28. The summed E-state index contributed by atoms with van der Waals surface area (Å²) in [5.74, 6) is -0.186. The van der Waals surface area contributed by atoms with Crippen LogP contribution in [0, 0.1) is 13.8 Å². The summed E-state index contributed by atoms with van der Waals surface area (Å²) in [5.41, 5.74) is 5.38. The number of aryl methyl sites for hydroxylation is 2. The van der Waals surface area contributed by atoms with Crippen molar-refractivity contribution in [3.05, 3.63) is 112 Å². The van der Waals surface area contributed by atoms with Crippen LogP contribution in [0.25, 0.3) is 0 Å². The average Bonchev–Trinajstić information content (AvgIpc) is 3.72. The molecule has 0 spiro atoms. The van der Waals surface area contributed by atoms with Crippen molar-refractivity contribution in [3.63, 3.8) is 0 Å². The van der Waals surface area contributed by atoms with Crippen LogP contribution in [0.15, 0.2) is 89.3 Å². The van der Waals surface area contributed by atoms with Gasteiger partial charge < -0.3 is 5.32 Å². The molecular formula is C33H38N2O3S. The normalized spacial score (nSPS) is 20.4. The van der Waals surface area contributed by atoms with E-state index < -0.39 is 22.1 Å². The Hall–Kier alpha value is -3.22. The first kappa shape index (κ1) is 27.4. The molecule has 1 N–H and O–H groups in total. The summed E-state index contributed by atoms with van der Waals surface area (Å²) < 4.78 is 30.6. The van der Waals surface area contributed by atoms with Crippen LogP contribution in [0.5, 0.6) is 0 Å². The molecule has 39 heavy (non-hydrogen) atoms. The summed E-state index contributed by atoms with van der Waals surface area (Å²) in [4.78, 5) is 13.8. The smallest absolute Gasteiger partial charge is 0.249 e. The molecule has 1 heterocycles. The second-order valence-electron chi connectivity index (χ2n) is 12.0. The molecule has 5 nitrogen and oxygen atoms in total. The van der Waals surface area contributed by atoms with Gasteiger partial charge in [-0.25, -0.2) is 8.42 Å². The quantitative estimate of drug-likeness (QED) is 0.378. The molecule has 6 heteroatoms. The molecule has 0 aromatic heterocycles. The van der Waals surface area contributed by atoms with Crippen LogP contribution < -0.4 is 5.32 Å². The average molecular weight is 543 g/mol. The van der Waals surface area contributed by atoms with Gasteiger partial charge in [-0.2, -0.15) is 4.31 Å². The lowest BCUT2D eigenvalue weighted by Crippen LogP contribution is -2.44. The number of amides is 1. The summed E-state index contributed by atoms with van der Waals surface area (Å²) >= 11 is 0. The molecule has 3 aromatic carbocycles. The second-order valence-corrected chi connectivity index (χ2v) is 13.8. The van der Waals surface area contributed by atoms with E-state index in [4.69, 9.17) is 0 Å². The second kappa shape index (κ2) is 10.4. The van der Waals surface area contributed by atoms with Gasteiger partial charge in [0.2, 0.25) is 15.9 Å². The highest BCUT2D eigenvalue weighted by molar-refractivity contribution is 7.89. The number of rotatable bonds is 6. The number of carbonyl (C=O) groups is 1. The Balaban J connectivity index is 1.70. The van der Waals surface area contributed by atoms with Gasteiger partial charge in [-0.3, -0.25) is 4.79 Å². The molecule has 1 fully saturated rings. The minimum Gasteiger partial charge on any atom is -0.350 e. The van der Waals surface area contributed by atoms with Gasteiger partial charge in [0.25, 0.3) is 0 Å². The Morgan fingerprint density at radius 2 is 1.36 bits per heavy atom. The zero-order valence-electron chi connectivity index (χ0n) is 23.4. The van der Waals surface area contributed by atoms with Crippen LogP contribution in [0.3, 0.4) is 0 Å². The number of hydrogen-bond acceptors (Lipinski definition) is 3. The molecule has 0 saturated heterocycles. The Morgan fingerprint density at radius 3 is 1.90 bits per heavy atom. The summed E-state index contributed by atoms with van der Waals surface area (Å²) in [6.45, 7) is 10.4. The van der Waals surface area contributed by atoms with Crippen molar-refractivity contribution < 1.29 is 13.2 Å². The maximum atomic E-state index is 14.5. The number of benzene rings is 3. The van der Waals surface area contributed by atoms with Crippen molar-refractivity contribution in [1.29, 1.82) is 0 Å². The Labute approximate surface area is 233 Å². The molecule has 2 unspecified atom stereocenters. The largest absolute Gasteiger partial charge is 0.350 e. The molecule has 0 bridgehead atoms. The minimum absolute atomic E-state index is 0.0504. The first-order valence-corrected chi connectivity index (χ1v) is 15.2. The van der Waals surface area contributed by atoms with E-state index in [2.05, 4.69) is 38.2 Å². The molecule has 2 atom stereocenters. The van der Waals surface area contributed by atoms with Gasteiger partial charge in [-0.1, -0.05) is 98.6 Å². The molecular weight excluding hydrogens is 504 g/mol. The van der Waals surface area contributed by atoms with Crippen molar-refractivity contribution in [2.24, 2.45) is 0 Å². The molecule has 3 aromatic rings. The SMILES string of the molecule is Cc1ccc(C2CC=C(C(=O)NC3CC3)C(c3ccc(C(C)(C)C)cc3)N2S(=O)(=O)c2ccc(C)cc2)cc1. The molecule has 1 saturated carbocycles. The lowest BCUT2D eigenvalue weighted by atomic mass is 9.84. The third kappa shape index (κ3) is 5.73. The van der Waals surface area contributed by atoms with E-state index >= 15 is 0 Å². The molecule has 1 aliphatic heterocycles. The Bertz CT molecular complexity index is 1480. The number of nitrogens with zero attached hydrogens (tertiary/aromatic N) is 1. The van der Waals surface area contributed by atoms with Crippen molar-refractivity contribution in [2.45, 2.75) is 82.3 Å². The Morgan fingerprint density at radius 1 is 0.821 bits per heavy atom. The van der Waals surface area contributed by atoms with Gasteiger partial charge in [0, 0.05) is 11.6 Å². The van der Waals surface area contributed by atoms with E-state index in [-0.39, 0.29) is 22.3 Å². The molecule has 204 valence electrons. The monoisotopic (exact) mass is 542 g/mol. The summed E-state index contributed by atoms with van der Waals surface area (Å²) in [5, 5.41) is 3.11. The lowest BCUT2D eigenvalue weighted by Gasteiger charge is -2.41. The molecule has 1 amide bonds. The van der Waals surface area contributed by atoms with Crippen LogP contribution in [0.4, 0.5) is 0 Å². The maximum absolute atomic E-state index is 14.5. The number of hydrogen-bond donors (Lipinski definition) is 1. The van der Waals surface area contributed by atoms with E-state index in [9.17, 15) is 13.2 Å². The number of sulfonamides is 1. The van der Waals surface area contributed by atoms with Gasteiger partial charge in [-0.05, 0) is 67.3 Å². The predicted octanol–water partition coefficient (Wildman–Crippen LogP) is 6.68. The third-order valence-corrected chi connectivity index (χ3v) is 9.63. The summed E-state index contributed by atoms with van der Waals surface area (Å²) in [6, 6.07) is 22.0. The fourth-order valence-electron chi connectivity index (χ4n) is 5.19. The molecule has 1 aliphatic carbocycles. The fourth-order valence-corrected chi connectivity index (χ4v) is 6.97. The van der Waals surface area contributed by atoms with Gasteiger partial charge >= 0.3 is 0 Å². The highest BCUT2D eigenvalue weighted by atomic mass is 32.2. The molecule has 0 radical (unpaired) electrons. The van der Waals surface area contributed by atoms with Crippen LogP contribution in [-0.4, -0.2) is 24.7 Å². The van der Waals surface area contributed by atoms with E-state index in [1.807, 2.05) is 68.5 Å². The zero-order chi connectivity index (χ0) is 27.9. The fraction of sp³-hybridized carbons (Fsp3) is 0.364. The maximum Gasteiger partial charge on any atom is 0.249 e. The van der Waals surface area contributed by atoms with Crippen LogP contribution in [-0.2, 0) is 20.2 Å². The molecule has 5 rings (SSSR count). The van der Waals surface area contributed by atoms with E-state index in [0.717, 1.165) is 40.7 Å². The number of carbonyl (C=O) groups excluding carboxylic acids is 1. The van der Waals surface area contributed by atoms with Gasteiger partial charge in [-0.15, -0.1) is 0 Å². The van der Waals surface area contributed by atoms with E-state index in [1.54, 1.807) is 16.4 Å². The standard InChI is InChI=1S/C33H38N2O3S/c1-22-6-10-24(11-7-22)30-21-20-29(32(36)34-27-16-17-27)31(25-12-14-26(15-13-25)33(3,4)5)35(30)39(37,38)28-18-8-23(2)9-19-28/h6-15,18-20,27,30-31H,16-17,21H2,1-5H3,(H,34,36). The highest BCUT2D eigenvalue weighted by Gasteiger charge is 2.45. The van der Waals surface area contributed by atoms with Gasteiger partial charge in [0.05, 0.1) is 17.0 Å². The van der Waals surface area contributed by atoms with E-state index in [1.165, 1.54) is 0 Å². The van der Waals surface area contributed by atoms with Crippen molar-refractivity contribution >= 4 is 15.9 Å².